The molecule has 0 fully saturated rings. The van der Waals surface area contributed by atoms with Crippen molar-refractivity contribution >= 4 is 34.8 Å². The summed E-state index contributed by atoms with van der Waals surface area (Å²) < 4.78 is 1.40. The van der Waals surface area contributed by atoms with Crippen molar-refractivity contribution in [1.82, 2.24) is 19.6 Å². The third kappa shape index (κ3) is 3.76. The fourth-order valence-corrected chi connectivity index (χ4v) is 3.33. The van der Waals surface area contributed by atoms with Gasteiger partial charge in [0.25, 0.3) is 5.78 Å². The highest BCUT2D eigenvalue weighted by Crippen LogP contribution is 2.30. The zero-order chi connectivity index (χ0) is 20.5. The van der Waals surface area contributed by atoms with Gasteiger partial charge in [0.05, 0.1) is 11.3 Å². The minimum absolute atomic E-state index is 0.314. The van der Waals surface area contributed by atoms with Gasteiger partial charge in [-0.25, -0.2) is 4.98 Å². The summed E-state index contributed by atoms with van der Waals surface area (Å²) in [5.41, 5.74) is 9.59. The Labute approximate surface area is 176 Å². The Bertz CT molecular complexity index is 1270. The van der Waals surface area contributed by atoms with Crippen LogP contribution in [-0.2, 0) is 0 Å². The summed E-state index contributed by atoms with van der Waals surface area (Å²) in [7, 11) is 0. The average Bonchev–Trinajstić information content (AvgIpc) is 3.16. The molecule has 0 saturated carbocycles. The molecule has 0 aliphatic rings. The van der Waals surface area contributed by atoms with E-state index in [1.807, 2.05) is 30.3 Å². The highest BCUT2D eigenvalue weighted by atomic mass is 35.5. The van der Waals surface area contributed by atoms with Gasteiger partial charge >= 0.3 is 0 Å². The number of aliphatic hydroxyl groups excluding tert-OH is 1. The van der Waals surface area contributed by atoms with E-state index >= 15 is 0 Å². The highest BCUT2D eigenvalue weighted by molar-refractivity contribution is 6.32. The number of nitrogens with zero attached hydrogens (tertiary/aromatic N) is 4. The first-order valence-corrected chi connectivity index (χ1v) is 9.40. The Morgan fingerprint density at radius 1 is 1.10 bits per heavy atom. The molecule has 1 unspecified atom stereocenters. The number of aryl methyl sites for hydroxylation is 1. The minimum atomic E-state index is -1.09. The summed E-state index contributed by atoms with van der Waals surface area (Å²) in [5, 5.41) is 15.6. The summed E-state index contributed by atoms with van der Waals surface area (Å²) in [5.74, 6) is 6.38. The lowest BCUT2D eigenvalue weighted by Crippen LogP contribution is -2.06. The standard InChI is InChI=1S/C21H15Cl2N5O/c1-12-16(20(24)28-21(27-12)25-11-26-28)8-9-19(29)17-7-4-14(10-18(17)23)13-2-5-15(22)6-3-13/h2-7,10-11,19,29H,24H2,1H3. The summed E-state index contributed by atoms with van der Waals surface area (Å²) in [6, 6.07) is 12.8. The maximum Gasteiger partial charge on any atom is 0.254 e. The number of aromatic nitrogens is 4. The van der Waals surface area contributed by atoms with E-state index in [-0.39, 0.29) is 0 Å². The Balaban J connectivity index is 1.65. The van der Waals surface area contributed by atoms with Crippen molar-refractivity contribution in [2.45, 2.75) is 13.0 Å². The molecule has 29 heavy (non-hydrogen) atoms. The summed E-state index contributed by atoms with van der Waals surface area (Å²) >= 11 is 12.3. The molecule has 4 aromatic rings. The fraction of sp³-hybridized carbons (Fsp3) is 0.0952. The van der Waals surface area contributed by atoms with Gasteiger partial charge in [0.1, 0.15) is 18.2 Å². The van der Waals surface area contributed by atoms with E-state index in [1.165, 1.54) is 10.8 Å². The number of halogens is 2. The number of rotatable bonds is 2. The van der Waals surface area contributed by atoms with Gasteiger partial charge in [-0.1, -0.05) is 59.3 Å². The molecular weight excluding hydrogens is 409 g/mol. The molecule has 0 amide bonds. The van der Waals surface area contributed by atoms with Gasteiger partial charge in [-0.15, -0.1) is 0 Å². The molecule has 144 valence electrons. The van der Waals surface area contributed by atoms with Crippen LogP contribution in [0.15, 0.2) is 48.8 Å². The van der Waals surface area contributed by atoms with Crippen LogP contribution >= 0.6 is 23.2 Å². The number of anilines is 1. The van der Waals surface area contributed by atoms with Gasteiger partial charge in [0.15, 0.2) is 0 Å². The molecule has 8 heteroatoms. The van der Waals surface area contributed by atoms with Crippen molar-refractivity contribution in [3.05, 3.63) is 75.7 Å². The number of benzene rings is 2. The van der Waals surface area contributed by atoms with Crippen LogP contribution in [0.25, 0.3) is 16.9 Å². The lowest BCUT2D eigenvalue weighted by Gasteiger charge is -2.10. The largest absolute Gasteiger partial charge is 0.382 e. The third-order valence-corrected chi connectivity index (χ3v) is 5.03. The second-order valence-electron chi connectivity index (χ2n) is 6.34. The first-order valence-electron chi connectivity index (χ1n) is 8.65. The second kappa shape index (κ2) is 7.72. The van der Waals surface area contributed by atoms with Crippen LogP contribution in [-0.4, -0.2) is 24.7 Å². The van der Waals surface area contributed by atoms with Crippen LogP contribution in [0.1, 0.15) is 22.9 Å². The van der Waals surface area contributed by atoms with Gasteiger partial charge in [-0.2, -0.15) is 14.6 Å². The van der Waals surface area contributed by atoms with Gasteiger partial charge in [0, 0.05) is 15.6 Å². The van der Waals surface area contributed by atoms with Crippen LogP contribution < -0.4 is 5.73 Å². The molecule has 6 nitrogen and oxygen atoms in total. The van der Waals surface area contributed by atoms with Crippen LogP contribution in [0.3, 0.4) is 0 Å². The van der Waals surface area contributed by atoms with Crippen LogP contribution in [0.2, 0.25) is 10.0 Å². The average molecular weight is 424 g/mol. The molecule has 2 aromatic heterocycles. The van der Waals surface area contributed by atoms with Gasteiger partial charge < -0.3 is 10.8 Å². The van der Waals surface area contributed by atoms with Crippen molar-refractivity contribution in [3.8, 4) is 23.0 Å². The summed E-state index contributed by atoms with van der Waals surface area (Å²) in [4.78, 5) is 8.32. The normalized spacial score (nSPS) is 11.9. The molecule has 0 aliphatic heterocycles. The van der Waals surface area contributed by atoms with Crippen molar-refractivity contribution in [2.75, 3.05) is 5.73 Å². The molecular formula is C21H15Cl2N5O. The van der Waals surface area contributed by atoms with E-state index in [2.05, 4.69) is 26.9 Å². The topological polar surface area (TPSA) is 89.3 Å². The van der Waals surface area contributed by atoms with E-state index in [9.17, 15) is 5.11 Å². The fourth-order valence-electron chi connectivity index (χ4n) is 2.92. The predicted molar refractivity (Wildman–Crippen MR) is 114 cm³/mol. The molecule has 0 spiro atoms. The van der Waals surface area contributed by atoms with Gasteiger partial charge in [-0.05, 0) is 36.2 Å². The predicted octanol–water partition coefficient (Wildman–Crippen LogP) is 4.07. The Hall–Kier alpha value is -3.11. The van der Waals surface area contributed by atoms with E-state index in [0.717, 1.165) is 11.1 Å². The van der Waals surface area contributed by atoms with E-state index < -0.39 is 6.10 Å². The Morgan fingerprint density at radius 3 is 2.55 bits per heavy atom. The highest BCUT2D eigenvalue weighted by Gasteiger charge is 2.13. The Morgan fingerprint density at radius 2 is 1.83 bits per heavy atom. The van der Waals surface area contributed by atoms with Crippen molar-refractivity contribution in [1.29, 1.82) is 0 Å². The number of aliphatic hydroxyl groups is 1. The molecule has 2 aromatic carbocycles. The quantitative estimate of drug-likeness (QED) is 0.474. The lowest BCUT2D eigenvalue weighted by atomic mass is 10.0. The zero-order valence-corrected chi connectivity index (χ0v) is 16.8. The molecule has 1 atom stereocenters. The molecule has 0 aliphatic carbocycles. The minimum Gasteiger partial charge on any atom is -0.382 e. The zero-order valence-electron chi connectivity index (χ0n) is 15.3. The summed E-state index contributed by atoms with van der Waals surface area (Å²) in [6.07, 6.45) is 0.277. The molecule has 0 saturated heterocycles. The van der Waals surface area contributed by atoms with E-state index in [4.69, 9.17) is 28.9 Å². The smallest absolute Gasteiger partial charge is 0.254 e. The number of nitrogen functional groups attached to an aromatic ring is 1. The molecule has 4 rings (SSSR count). The Kier molecular flexibility index (Phi) is 5.12. The lowest BCUT2D eigenvalue weighted by molar-refractivity contribution is 0.238. The maximum atomic E-state index is 10.5. The molecule has 2 heterocycles. The molecule has 3 N–H and O–H groups in total. The van der Waals surface area contributed by atoms with Crippen molar-refractivity contribution in [2.24, 2.45) is 0 Å². The molecule has 0 radical (unpaired) electrons. The van der Waals surface area contributed by atoms with Crippen LogP contribution in [0.5, 0.6) is 0 Å². The van der Waals surface area contributed by atoms with Crippen molar-refractivity contribution < 1.29 is 5.11 Å². The number of hydrogen-bond donors (Lipinski definition) is 2. The van der Waals surface area contributed by atoms with E-state index in [1.54, 1.807) is 19.1 Å². The van der Waals surface area contributed by atoms with Crippen LogP contribution in [0, 0.1) is 18.8 Å². The van der Waals surface area contributed by atoms with Crippen LogP contribution in [0.4, 0.5) is 5.82 Å². The maximum absolute atomic E-state index is 10.5. The SMILES string of the molecule is Cc1nc2ncnn2c(N)c1C#CC(O)c1ccc(-c2ccc(Cl)cc2)cc1Cl. The number of fused-ring (bicyclic) bond motifs is 1. The van der Waals surface area contributed by atoms with Crippen molar-refractivity contribution in [3.63, 3.8) is 0 Å². The summed E-state index contributed by atoms with van der Waals surface area (Å²) in [6.45, 7) is 1.77. The first-order chi connectivity index (χ1) is 13.9. The van der Waals surface area contributed by atoms with Gasteiger partial charge in [-0.3, -0.25) is 0 Å². The second-order valence-corrected chi connectivity index (χ2v) is 7.19. The number of hydrogen-bond acceptors (Lipinski definition) is 5. The number of nitrogens with two attached hydrogens (primary N) is 1. The van der Waals surface area contributed by atoms with Gasteiger partial charge in [0.2, 0.25) is 0 Å². The molecule has 0 bridgehead atoms. The third-order valence-electron chi connectivity index (χ3n) is 4.45. The van der Waals surface area contributed by atoms with E-state index in [0.29, 0.717) is 38.5 Å². The first kappa shape index (κ1) is 19.2. The monoisotopic (exact) mass is 423 g/mol.